The van der Waals surface area contributed by atoms with Crippen molar-refractivity contribution in [1.29, 1.82) is 0 Å². The van der Waals surface area contributed by atoms with Crippen LogP contribution in [0, 0.1) is 5.82 Å². The van der Waals surface area contributed by atoms with Gasteiger partial charge in [0, 0.05) is 48.9 Å². The van der Waals surface area contributed by atoms with Crippen LogP contribution in [0.25, 0.3) is 10.9 Å². The highest BCUT2D eigenvalue weighted by Crippen LogP contribution is 2.37. The molecule has 46 heavy (non-hydrogen) atoms. The van der Waals surface area contributed by atoms with Gasteiger partial charge in [-0.2, -0.15) is 8.42 Å². The highest BCUT2D eigenvalue weighted by molar-refractivity contribution is 9.10. The molecule has 4 heterocycles. The van der Waals surface area contributed by atoms with Crippen LogP contribution in [-0.4, -0.2) is 51.8 Å². The molecule has 0 fully saturated rings. The van der Waals surface area contributed by atoms with Crippen molar-refractivity contribution >= 4 is 54.1 Å². The summed E-state index contributed by atoms with van der Waals surface area (Å²) in [6, 6.07) is 19.3. The molecule has 0 aliphatic carbocycles. The van der Waals surface area contributed by atoms with Crippen LogP contribution in [0.5, 0.6) is 5.75 Å². The number of anilines is 2. The summed E-state index contributed by atoms with van der Waals surface area (Å²) in [5.74, 6) is 0.839. The van der Waals surface area contributed by atoms with Gasteiger partial charge in [-0.1, -0.05) is 18.2 Å². The quantitative estimate of drug-likeness (QED) is 0.156. The summed E-state index contributed by atoms with van der Waals surface area (Å²) in [4.78, 5) is 19.7. The fourth-order valence-corrected chi connectivity index (χ4v) is 6.08. The fraction of sp³-hybridized carbons (Fsp3) is 0.182. The lowest BCUT2D eigenvalue weighted by atomic mass is 9.94. The lowest BCUT2D eigenvalue weighted by molar-refractivity contribution is 0.0183. The molecular weight excluding hydrogens is 675 g/mol. The van der Waals surface area contributed by atoms with Crippen LogP contribution >= 0.6 is 15.9 Å². The minimum atomic E-state index is -2.42. The molecular formula is C33H28BrFN6O4S. The number of nitrogens with one attached hydrogen (secondary N) is 1. The van der Waals surface area contributed by atoms with Crippen molar-refractivity contribution in [3.05, 3.63) is 125 Å². The van der Waals surface area contributed by atoms with E-state index in [-0.39, 0.29) is 19.0 Å². The smallest absolute Gasteiger partial charge is 0.225 e. The molecule has 1 aliphatic rings. The number of nitrogens with zero attached hydrogens (tertiary/aromatic N) is 5. The number of benzene rings is 2. The number of rotatable bonds is 12. The summed E-state index contributed by atoms with van der Waals surface area (Å²) in [5.41, 5.74) is 3.78. The Kier molecular flexibility index (Phi) is 9.62. The summed E-state index contributed by atoms with van der Waals surface area (Å²) in [6.45, 7) is 0.868. The second-order valence-corrected chi connectivity index (χ2v) is 12.2. The first-order valence-electron chi connectivity index (χ1n) is 14.3. The van der Waals surface area contributed by atoms with Crippen LogP contribution in [0.3, 0.4) is 0 Å². The van der Waals surface area contributed by atoms with E-state index < -0.39 is 15.9 Å². The van der Waals surface area contributed by atoms with E-state index in [9.17, 15) is 12.8 Å². The first kappa shape index (κ1) is 31.3. The van der Waals surface area contributed by atoms with Gasteiger partial charge in [0.05, 0.1) is 28.1 Å². The Hall–Kier alpha value is -4.72. The molecule has 2 aromatic carbocycles. The molecule has 3 aromatic heterocycles. The number of hydrogen-bond donors (Lipinski definition) is 1. The van der Waals surface area contributed by atoms with Crippen molar-refractivity contribution in [1.82, 2.24) is 24.8 Å². The minimum Gasteiger partial charge on any atom is -0.488 e. The van der Waals surface area contributed by atoms with Crippen molar-refractivity contribution in [2.24, 2.45) is 0 Å². The van der Waals surface area contributed by atoms with Crippen molar-refractivity contribution < 1.29 is 22.3 Å². The maximum absolute atomic E-state index is 13.5. The molecule has 1 N–H and O–H groups in total. The second kappa shape index (κ2) is 14.1. The number of fused-ring (bicyclic) bond motifs is 1. The van der Waals surface area contributed by atoms with E-state index >= 15 is 0 Å². The van der Waals surface area contributed by atoms with E-state index in [0.717, 1.165) is 16.9 Å². The van der Waals surface area contributed by atoms with Crippen LogP contribution in [-0.2, 0) is 33.7 Å². The Labute approximate surface area is 274 Å². The SMILES string of the molecule is O=S(=O)=CN(CCc1ccccn1)CC1(c2cc3c(Nc4ccc(OCc5cccc(F)c5)c(Br)c4)ncnc3cn2)CC=CO1. The Morgan fingerprint density at radius 3 is 2.74 bits per heavy atom. The molecule has 5 aromatic rings. The monoisotopic (exact) mass is 702 g/mol. The number of halogens is 2. The molecule has 13 heteroatoms. The van der Waals surface area contributed by atoms with Crippen LogP contribution in [0.1, 0.15) is 23.4 Å². The third kappa shape index (κ3) is 7.56. The zero-order chi connectivity index (χ0) is 31.9. The van der Waals surface area contributed by atoms with Gasteiger partial charge in [0.15, 0.2) is 5.60 Å². The highest BCUT2D eigenvalue weighted by atomic mass is 79.9. The van der Waals surface area contributed by atoms with Gasteiger partial charge >= 0.3 is 0 Å². The summed E-state index contributed by atoms with van der Waals surface area (Å²) in [6.07, 6.45) is 9.39. The van der Waals surface area contributed by atoms with Gasteiger partial charge in [-0.15, -0.1) is 0 Å². The number of hydrogen-bond acceptors (Lipinski definition) is 9. The van der Waals surface area contributed by atoms with Crippen LogP contribution in [0.15, 0.2) is 102 Å². The van der Waals surface area contributed by atoms with Gasteiger partial charge in [0.1, 0.15) is 35.8 Å². The molecule has 1 unspecified atom stereocenters. The van der Waals surface area contributed by atoms with Gasteiger partial charge < -0.3 is 14.8 Å². The van der Waals surface area contributed by atoms with E-state index in [1.165, 1.54) is 24.0 Å². The molecule has 0 spiro atoms. The first-order valence-corrected chi connectivity index (χ1v) is 16.2. The molecule has 10 nitrogen and oxygen atoms in total. The topological polar surface area (TPSA) is 119 Å². The van der Waals surface area contributed by atoms with E-state index in [0.29, 0.717) is 52.0 Å². The molecule has 234 valence electrons. The van der Waals surface area contributed by atoms with E-state index in [4.69, 9.17) is 14.5 Å². The number of pyridine rings is 2. The van der Waals surface area contributed by atoms with Gasteiger partial charge in [0.25, 0.3) is 0 Å². The number of ether oxygens (including phenoxy) is 2. The first-order chi connectivity index (χ1) is 22.4. The standard InChI is InChI=1S/C33H28BrFN6O4S/c34-28-16-26(8-9-30(28)44-19-23-5-3-6-24(35)15-23)40-32-27-17-31(37-18-29(27)38-21-39-32)33(11-4-14-45-33)20-41(22-46(42)43)13-10-25-7-1-2-12-36-25/h1-9,12,14-18,21-22H,10-11,13,19-20H2,(H,38,39,40). The van der Waals surface area contributed by atoms with Gasteiger partial charge in [0.2, 0.25) is 10.3 Å². The van der Waals surface area contributed by atoms with Crippen LogP contribution in [0.4, 0.5) is 15.9 Å². The zero-order valence-electron chi connectivity index (χ0n) is 24.4. The molecule has 0 amide bonds. The van der Waals surface area contributed by atoms with Gasteiger partial charge in [-0.25, -0.2) is 14.4 Å². The van der Waals surface area contributed by atoms with Crippen LogP contribution < -0.4 is 10.1 Å². The summed E-state index contributed by atoms with van der Waals surface area (Å²) in [5, 5.41) is 4.07. The average Bonchev–Trinajstić information content (AvgIpc) is 3.53. The van der Waals surface area contributed by atoms with Crippen molar-refractivity contribution in [2.45, 2.75) is 25.0 Å². The normalized spacial score (nSPS) is 15.5. The maximum Gasteiger partial charge on any atom is 0.225 e. The van der Waals surface area contributed by atoms with Gasteiger partial charge in [-0.05, 0) is 76.1 Å². The van der Waals surface area contributed by atoms with Gasteiger partial charge in [-0.3, -0.25) is 14.9 Å². The lowest BCUT2D eigenvalue weighted by Crippen LogP contribution is -2.41. The molecule has 0 bridgehead atoms. The summed E-state index contributed by atoms with van der Waals surface area (Å²) < 4.78 is 49.8. The van der Waals surface area contributed by atoms with Crippen molar-refractivity contribution in [3.8, 4) is 5.75 Å². The maximum atomic E-state index is 13.5. The molecule has 1 aliphatic heterocycles. The summed E-state index contributed by atoms with van der Waals surface area (Å²) in [7, 11) is -2.42. The lowest BCUT2D eigenvalue weighted by Gasteiger charge is -2.32. The minimum absolute atomic E-state index is 0.219. The van der Waals surface area contributed by atoms with Crippen LogP contribution in [0.2, 0.25) is 0 Å². The van der Waals surface area contributed by atoms with E-state index in [1.807, 2.05) is 48.5 Å². The zero-order valence-corrected chi connectivity index (χ0v) is 26.8. The Morgan fingerprint density at radius 1 is 1.07 bits per heavy atom. The Morgan fingerprint density at radius 2 is 1.98 bits per heavy atom. The molecule has 0 saturated heterocycles. The highest BCUT2D eigenvalue weighted by Gasteiger charge is 2.39. The largest absolute Gasteiger partial charge is 0.488 e. The number of aromatic nitrogens is 4. The molecule has 1 atom stereocenters. The Balaban J connectivity index is 1.24. The third-order valence-corrected chi connectivity index (χ3v) is 8.47. The average molecular weight is 704 g/mol. The molecule has 0 radical (unpaired) electrons. The molecule has 0 saturated carbocycles. The second-order valence-electron chi connectivity index (χ2n) is 10.6. The molecule has 6 rings (SSSR count). The Bertz CT molecular complexity index is 2010. The van der Waals surface area contributed by atoms with Crippen molar-refractivity contribution in [2.75, 3.05) is 18.4 Å². The van der Waals surface area contributed by atoms with Crippen molar-refractivity contribution in [3.63, 3.8) is 0 Å². The predicted molar refractivity (Wildman–Crippen MR) is 177 cm³/mol. The van der Waals surface area contributed by atoms with E-state index in [2.05, 4.69) is 36.2 Å². The predicted octanol–water partition coefficient (Wildman–Crippen LogP) is 5.96. The fourth-order valence-electron chi connectivity index (χ4n) is 5.16. The third-order valence-electron chi connectivity index (χ3n) is 7.38. The van der Waals surface area contributed by atoms with E-state index in [1.54, 1.807) is 35.7 Å². The summed E-state index contributed by atoms with van der Waals surface area (Å²) >= 11 is 3.57.